The van der Waals surface area contributed by atoms with Gasteiger partial charge in [0.1, 0.15) is 0 Å². The van der Waals surface area contributed by atoms with Crippen LogP contribution in [0.2, 0.25) is 0 Å². The third-order valence-corrected chi connectivity index (χ3v) is 8.53. The average molecular weight is 551 g/mol. The summed E-state index contributed by atoms with van der Waals surface area (Å²) < 4.78 is 29.1. The number of hydrogen-bond acceptors (Lipinski definition) is 5. The molecule has 1 aliphatic rings. The van der Waals surface area contributed by atoms with Crippen LogP contribution in [0, 0.1) is 0 Å². The Hall–Kier alpha value is -4.40. The molecule has 1 aliphatic heterocycles. The number of rotatable bonds is 8. The van der Waals surface area contributed by atoms with Crippen molar-refractivity contribution >= 4 is 38.0 Å². The summed E-state index contributed by atoms with van der Waals surface area (Å²) >= 11 is 0. The second-order valence-corrected chi connectivity index (χ2v) is 11.7. The Morgan fingerprint density at radius 2 is 1.55 bits per heavy atom. The first-order valence-corrected chi connectivity index (χ1v) is 14.8. The Bertz CT molecular complexity index is 1760. The van der Waals surface area contributed by atoms with Gasteiger partial charge >= 0.3 is 0 Å². The molecule has 0 saturated carbocycles. The average Bonchev–Trinajstić information content (AvgIpc) is 3.60. The number of aliphatic imine (C=N–C) groups is 1. The van der Waals surface area contributed by atoms with Crippen LogP contribution < -0.4 is 4.72 Å². The number of benzene rings is 4. The highest BCUT2D eigenvalue weighted by atomic mass is 32.2. The highest BCUT2D eigenvalue weighted by molar-refractivity contribution is 7.92. The molecular formula is C32H30N4O3S. The summed E-state index contributed by atoms with van der Waals surface area (Å²) in [5, 5.41) is 11.6. The normalized spacial score (nSPS) is 14.6. The number of H-pyrrole nitrogens is 1. The van der Waals surface area contributed by atoms with Crippen LogP contribution in [0.4, 0.5) is 11.4 Å². The lowest BCUT2D eigenvalue weighted by atomic mass is 10.0. The molecule has 8 heteroatoms. The Morgan fingerprint density at radius 3 is 2.25 bits per heavy atom. The van der Waals surface area contributed by atoms with Crippen LogP contribution in [-0.2, 0) is 16.6 Å². The molecule has 1 saturated heterocycles. The maximum absolute atomic E-state index is 13.2. The second kappa shape index (κ2) is 11.0. The van der Waals surface area contributed by atoms with Crippen molar-refractivity contribution in [2.45, 2.75) is 24.3 Å². The highest BCUT2D eigenvalue weighted by Crippen LogP contribution is 2.33. The van der Waals surface area contributed by atoms with Gasteiger partial charge in [0.05, 0.1) is 21.9 Å². The Morgan fingerprint density at radius 1 is 0.875 bits per heavy atom. The van der Waals surface area contributed by atoms with Gasteiger partial charge in [-0.2, -0.15) is 0 Å². The molecule has 3 N–H and O–H groups in total. The zero-order chi connectivity index (χ0) is 27.5. The molecule has 7 nitrogen and oxygen atoms in total. The SMILES string of the molecule is O=S(=O)(Nc1ccccc1)c1ccc2[nH]c(O)c(C(=Nc3ccc(CN4CCCC4)cc3)c3ccccc3)c2c1. The molecule has 202 valence electrons. The zero-order valence-corrected chi connectivity index (χ0v) is 22.7. The van der Waals surface area contributed by atoms with E-state index in [-0.39, 0.29) is 10.8 Å². The maximum atomic E-state index is 13.2. The fourth-order valence-corrected chi connectivity index (χ4v) is 6.23. The monoisotopic (exact) mass is 550 g/mol. The summed E-state index contributed by atoms with van der Waals surface area (Å²) in [5.41, 5.74) is 4.84. The molecule has 0 unspecified atom stereocenters. The lowest BCUT2D eigenvalue weighted by Gasteiger charge is -2.14. The van der Waals surface area contributed by atoms with Crippen molar-refractivity contribution in [3.05, 3.63) is 120 Å². The number of aromatic amines is 1. The fraction of sp³-hybridized carbons (Fsp3) is 0.156. The quantitative estimate of drug-likeness (QED) is 0.194. The van der Waals surface area contributed by atoms with Crippen LogP contribution in [0.3, 0.4) is 0 Å². The zero-order valence-electron chi connectivity index (χ0n) is 21.9. The first kappa shape index (κ1) is 25.9. The predicted octanol–water partition coefficient (Wildman–Crippen LogP) is 6.44. The van der Waals surface area contributed by atoms with E-state index in [4.69, 9.17) is 4.99 Å². The molecule has 0 radical (unpaired) electrons. The number of hydrogen-bond donors (Lipinski definition) is 3. The predicted molar refractivity (Wildman–Crippen MR) is 160 cm³/mol. The van der Waals surface area contributed by atoms with Gasteiger partial charge in [0.15, 0.2) is 5.88 Å². The summed E-state index contributed by atoms with van der Waals surface area (Å²) in [7, 11) is -3.87. The van der Waals surface area contributed by atoms with Crippen molar-refractivity contribution < 1.29 is 13.5 Å². The van der Waals surface area contributed by atoms with E-state index in [9.17, 15) is 13.5 Å². The fourth-order valence-electron chi connectivity index (χ4n) is 5.15. The Kier molecular flexibility index (Phi) is 7.11. The second-order valence-electron chi connectivity index (χ2n) is 10.0. The smallest absolute Gasteiger partial charge is 0.261 e. The number of likely N-dealkylation sites (tertiary alicyclic amines) is 1. The molecule has 1 fully saturated rings. The van der Waals surface area contributed by atoms with Gasteiger partial charge in [0.2, 0.25) is 0 Å². The van der Waals surface area contributed by atoms with Crippen LogP contribution in [0.25, 0.3) is 10.9 Å². The van der Waals surface area contributed by atoms with Crippen molar-refractivity contribution in [1.82, 2.24) is 9.88 Å². The Labute approximate surface area is 233 Å². The standard InChI is InChI=1S/C32H30N4O3S/c37-32-30(28-21-27(17-18-29(28)34-32)40(38,39)35-26-11-5-2-6-12-26)31(24-9-3-1-4-10-24)33-25-15-13-23(14-16-25)22-36-19-7-8-20-36/h1-6,9-18,21,34-35,37H,7-8,19-20,22H2. The number of nitrogens with one attached hydrogen (secondary N) is 2. The van der Waals surface area contributed by atoms with Crippen molar-refractivity contribution in [3.63, 3.8) is 0 Å². The van der Waals surface area contributed by atoms with Gasteiger partial charge in [0, 0.05) is 28.7 Å². The van der Waals surface area contributed by atoms with Crippen molar-refractivity contribution in [2.24, 2.45) is 4.99 Å². The molecule has 4 aromatic carbocycles. The lowest BCUT2D eigenvalue weighted by molar-refractivity contribution is 0.331. The summed E-state index contributed by atoms with van der Waals surface area (Å²) in [6.45, 7) is 3.19. The summed E-state index contributed by atoms with van der Waals surface area (Å²) in [6.07, 6.45) is 2.50. The van der Waals surface area contributed by atoms with Crippen LogP contribution >= 0.6 is 0 Å². The van der Waals surface area contributed by atoms with Crippen LogP contribution in [-0.4, -0.2) is 42.2 Å². The number of para-hydroxylation sites is 1. The minimum absolute atomic E-state index is 0.0752. The largest absolute Gasteiger partial charge is 0.494 e. The minimum atomic E-state index is -3.87. The van der Waals surface area contributed by atoms with Gasteiger partial charge in [-0.1, -0.05) is 60.7 Å². The summed E-state index contributed by atoms with van der Waals surface area (Å²) in [5.74, 6) is -0.0752. The number of sulfonamides is 1. The number of aromatic nitrogens is 1. The van der Waals surface area contributed by atoms with E-state index < -0.39 is 10.0 Å². The molecule has 5 aromatic rings. The molecule has 2 heterocycles. The molecule has 0 spiro atoms. The first-order valence-electron chi connectivity index (χ1n) is 13.3. The molecule has 1 aromatic heterocycles. The van der Waals surface area contributed by atoms with Crippen LogP contribution in [0.1, 0.15) is 29.5 Å². The lowest BCUT2D eigenvalue weighted by Crippen LogP contribution is -2.18. The van der Waals surface area contributed by atoms with Gasteiger partial charge in [0.25, 0.3) is 10.0 Å². The third kappa shape index (κ3) is 5.50. The van der Waals surface area contributed by atoms with E-state index in [1.54, 1.807) is 36.4 Å². The molecule has 40 heavy (non-hydrogen) atoms. The van der Waals surface area contributed by atoms with Gasteiger partial charge in [-0.15, -0.1) is 0 Å². The molecular weight excluding hydrogens is 520 g/mol. The number of anilines is 1. The van der Waals surface area contributed by atoms with E-state index in [2.05, 4.69) is 26.7 Å². The molecule has 0 atom stereocenters. The van der Waals surface area contributed by atoms with Gasteiger partial charge < -0.3 is 10.1 Å². The van der Waals surface area contributed by atoms with Gasteiger partial charge in [-0.25, -0.2) is 13.4 Å². The van der Waals surface area contributed by atoms with E-state index in [1.807, 2.05) is 48.5 Å². The van der Waals surface area contributed by atoms with Crippen molar-refractivity contribution in [3.8, 4) is 5.88 Å². The number of nitrogens with zero attached hydrogens (tertiary/aromatic N) is 2. The third-order valence-electron chi connectivity index (χ3n) is 7.15. The number of fused-ring (bicyclic) bond motifs is 1. The summed E-state index contributed by atoms with van der Waals surface area (Å²) in [4.78, 5) is 10.5. The molecule has 6 rings (SSSR count). The van der Waals surface area contributed by atoms with E-state index in [0.717, 1.165) is 30.9 Å². The molecule has 0 bridgehead atoms. The van der Waals surface area contributed by atoms with E-state index >= 15 is 0 Å². The van der Waals surface area contributed by atoms with Gasteiger partial charge in [-0.3, -0.25) is 9.62 Å². The minimum Gasteiger partial charge on any atom is -0.494 e. The highest BCUT2D eigenvalue weighted by Gasteiger charge is 2.22. The molecule has 0 aliphatic carbocycles. The van der Waals surface area contributed by atoms with Gasteiger partial charge in [-0.05, 0) is 74.0 Å². The van der Waals surface area contributed by atoms with Crippen LogP contribution in [0.5, 0.6) is 5.88 Å². The van der Waals surface area contributed by atoms with Crippen molar-refractivity contribution in [2.75, 3.05) is 17.8 Å². The van der Waals surface area contributed by atoms with E-state index in [1.165, 1.54) is 24.5 Å². The molecule has 0 amide bonds. The van der Waals surface area contributed by atoms with Crippen LogP contribution in [0.15, 0.2) is 113 Å². The topological polar surface area (TPSA) is 97.8 Å². The first-order chi connectivity index (χ1) is 19.5. The van der Waals surface area contributed by atoms with Crippen molar-refractivity contribution in [1.29, 1.82) is 0 Å². The maximum Gasteiger partial charge on any atom is 0.261 e. The van der Waals surface area contributed by atoms with E-state index in [0.29, 0.717) is 27.9 Å². The number of aromatic hydroxyl groups is 1. The Balaban J connectivity index is 1.41. The summed E-state index contributed by atoms with van der Waals surface area (Å²) in [6, 6.07) is 31.3.